The lowest BCUT2D eigenvalue weighted by atomic mass is 10.1. The lowest BCUT2D eigenvalue weighted by molar-refractivity contribution is -0.122. The molecule has 2 amide bonds. The van der Waals surface area contributed by atoms with Crippen LogP contribution in [0.2, 0.25) is 0 Å². The monoisotopic (exact) mass is 445 g/mol. The molecule has 1 atom stereocenters. The number of rotatable bonds is 7. The van der Waals surface area contributed by atoms with Gasteiger partial charge in [-0.05, 0) is 55.5 Å². The molecule has 3 aromatic rings. The van der Waals surface area contributed by atoms with E-state index in [-0.39, 0.29) is 11.8 Å². The van der Waals surface area contributed by atoms with Gasteiger partial charge in [-0.25, -0.2) is 0 Å². The summed E-state index contributed by atoms with van der Waals surface area (Å²) >= 11 is 0. The highest BCUT2D eigenvalue weighted by atomic mass is 16.5. The first-order chi connectivity index (χ1) is 16.1. The molecule has 170 valence electrons. The van der Waals surface area contributed by atoms with Gasteiger partial charge in [0.2, 0.25) is 0 Å². The lowest BCUT2D eigenvalue weighted by Gasteiger charge is -2.29. The van der Waals surface area contributed by atoms with Crippen LogP contribution in [0.15, 0.2) is 78.9 Å². The van der Waals surface area contributed by atoms with E-state index in [1.165, 1.54) is 0 Å². The summed E-state index contributed by atoms with van der Waals surface area (Å²) in [5, 5.41) is 5.71. The van der Waals surface area contributed by atoms with Gasteiger partial charge in [-0.2, -0.15) is 0 Å². The van der Waals surface area contributed by atoms with Gasteiger partial charge in [-0.1, -0.05) is 30.3 Å². The fraction of sp³-hybridized carbons (Fsp3) is 0.231. The summed E-state index contributed by atoms with van der Waals surface area (Å²) in [6, 6.07) is 23.8. The largest absolute Gasteiger partial charge is 0.480 e. The van der Waals surface area contributed by atoms with Crippen LogP contribution in [0.1, 0.15) is 17.3 Å². The second-order valence-electron chi connectivity index (χ2n) is 7.71. The first-order valence-electron chi connectivity index (χ1n) is 11.0. The number of anilines is 3. The van der Waals surface area contributed by atoms with Crippen molar-refractivity contribution in [3.63, 3.8) is 0 Å². The number of carbonyl (C=O) groups is 2. The van der Waals surface area contributed by atoms with Gasteiger partial charge in [-0.3, -0.25) is 9.59 Å². The van der Waals surface area contributed by atoms with E-state index in [2.05, 4.69) is 15.5 Å². The first kappa shape index (κ1) is 22.4. The highest BCUT2D eigenvalue weighted by molar-refractivity contribution is 6.06. The molecular weight excluding hydrogens is 418 g/mol. The summed E-state index contributed by atoms with van der Waals surface area (Å²) in [5.41, 5.74) is 2.82. The van der Waals surface area contributed by atoms with E-state index in [0.29, 0.717) is 22.7 Å². The molecule has 0 spiro atoms. The van der Waals surface area contributed by atoms with Gasteiger partial charge in [0, 0.05) is 30.2 Å². The summed E-state index contributed by atoms with van der Waals surface area (Å²) in [7, 11) is 0. The number of carbonyl (C=O) groups excluding carboxylic acids is 2. The van der Waals surface area contributed by atoms with E-state index >= 15 is 0 Å². The summed E-state index contributed by atoms with van der Waals surface area (Å²) in [6.07, 6.45) is -0.797. The minimum Gasteiger partial charge on any atom is -0.480 e. The Balaban J connectivity index is 1.37. The smallest absolute Gasteiger partial charge is 0.265 e. The van der Waals surface area contributed by atoms with Crippen molar-refractivity contribution >= 4 is 28.9 Å². The molecular formula is C26H27N3O4. The van der Waals surface area contributed by atoms with Crippen LogP contribution in [0, 0.1) is 0 Å². The van der Waals surface area contributed by atoms with Gasteiger partial charge >= 0.3 is 0 Å². The number of benzene rings is 3. The van der Waals surface area contributed by atoms with Gasteiger partial charge in [0.15, 0.2) is 6.10 Å². The number of nitrogens with one attached hydrogen (secondary N) is 2. The lowest BCUT2D eigenvalue weighted by Crippen LogP contribution is -2.36. The molecule has 1 fully saturated rings. The minimum atomic E-state index is -0.797. The van der Waals surface area contributed by atoms with E-state index in [0.717, 1.165) is 32.0 Å². The maximum atomic E-state index is 12.7. The summed E-state index contributed by atoms with van der Waals surface area (Å²) in [4.78, 5) is 27.7. The zero-order chi connectivity index (χ0) is 23.0. The van der Waals surface area contributed by atoms with Gasteiger partial charge in [-0.15, -0.1) is 0 Å². The predicted molar refractivity (Wildman–Crippen MR) is 129 cm³/mol. The Hall–Kier alpha value is -3.84. The van der Waals surface area contributed by atoms with E-state index < -0.39 is 6.10 Å². The Labute approximate surface area is 193 Å². The van der Waals surface area contributed by atoms with Crippen molar-refractivity contribution in [1.82, 2.24) is 0 Å². The van der Waals surface area contributed by atoms with E-state index in [1.54, 1.807) is 31.2 Å². The molecule has 2 N–H and O–H groups in total. The molecule has 1 heterocycles. The topological polar surface area (TPSA) is 79.9 Å². The van der Waals surface area contributed by atoms with Crippen LogP contribution in [0.5, 0.6) is 5.75 Å². The van der Waals surface area contributed by atoms with Crippen LogP contribution in [0.25, 0.3) is 0 Å². The Morgan fingerprint density at radius 2 is 1.48 bits per heavy atom. The number of amides is 2. The minimum absolute atomic E-state index is 0.299. The molecule has 0 aliphatic carbocycles. The van der Waals surface area contributed by atoms with E-state index in [9.17, 15) is 9.59 Å². The third kappa shape index (κ3) is 5.90. The number of hydrogen-bond acceptors (Lipinski definition) is 5. The fourth-order valence-electron chi connectivity index (χ4n) is 3.54. The van der Waals surface area contributed by atoms with Crippen LogP contribution in [0.3, 0.4) is 0 Å². The van der Waals surface area contributed by atoms with Crippen molar-refractivity contribution in [2.45, 2.75) is 13.0 Å². The van der Waals surface area contributed by atoms with E-state index in [1.807, 2.05) is 54.6 Å². The quantitative estimate of drug-likeness (QED) is 0.570. The molecule has 0 aromatic heterocycles. The molecule has 0 bridgehead atoms. The normalized spacial score (nSPS) is 14.3. The van der Waals surface area contributed by atoms with E-state index in [4.69, 9.17) is 9.47 Å². The molecule has 7 heteroatoms. The van der Waals surface area contributed by atoms with Gasteiger partial charge in [0.05, 0.1) is 18.8 Å². The van der Waals surface area contributed by atoms with Crippen LogP contribution >= 0.6 is 0 Å². The molecule has 0 unspecified atom stereocenters. The zero-order valence-electron chi connectivity index (χ0n) is 18.5. The summed E-state index contributed by atoms with van der Waals surface area (Å²) < 4.78 is 11.3. The third-order valence-electron chi connectivity index (χ3n) is 5.35. The van der Waals surface area contributed by atoms with Crippen molar-refractivity contribution in [2.75, 3.05) is 41.8 Å². The maximum absolute atomic E-state index is 12.7. The molecule has 0 saturated carbocycles. The predicted octanol–water partition coefficient (Wildman–Crippen LogP) is 4.18. The number of hydrogen-bond donors (Lipinski definition) is 2. The third-order valence-corrected chi connectivity index (χ3v) is 5.35. The molecule has 1 aliphatic rings. The Kier molecular flexibility index (Phi) is 7.22. The van der Waals surface area contributed by atoms with Gasteiger partial charge in [0.1, 0.15) is 5.75 Å². The fourth-order valence-corrected chi connectivity index (χ4v) is 3.54. The number of nitrogens with zero attached hydrogens (tertiary/aromatic N) is 1. The molecule has 4 rings (SSSR count). The van der Waals surface area contributed by atoms with Crippen molar-refractivity contribution in [2.24, 2.45) is 0 Å². The molecule has 1 aliphatic heterocycles. The average Bonchev–Trinajstić information content (AvgIpc) is 2.86. The van der Waals surface area contributed by atoms with Gasteiger partial charge < -0.3 is 25.0 Å². The Morgan fingerprint density at radius 1 is 0.848 bits per heavy atom. The SMILES string of the molecule is C[C@@H](Oc1ccccc1C(=O)Nc1ccccc1)C(=O)Nc1ccc(N2CCOCC2)cc1. The molecule has 33 heavy (non-hydrogen) atoms. The number of ether oxygens (including phenoxy) is 2. The first-order valence-corrected chi connectivity index (χ1v) is 11.0. The van der Waals surface area contributed by atoms with Crippen LogP contribution in [-0.2, 0) is 9.53 Å². The highest BCUT2D eigenvalue weighted by Gasteiger charge is 2.19. The average molecular weight is 446 g/mol. The summed E-state index contributed by atoms with van der Waals surface area (Å²) in [5.74, 6) is -0.258. The van der Waals surface area contributed by atoms with Crippen LogP contribution in [-0.4, -0.2) is 44.2 Å². The Morgan fingerprint density at radius 3 is 2.21 bits per heavy atom. The zero-order valence-corrected chi connectivity index (χ0v) is 18.5. The Bertz CT molecular complexity index is 1080. The molecule has 1 saturated heterocycles. The second kappa shape index (κ2) is 10.7. The van der Waals surface area contributed by atoms with Crippen molar-refractivity contribution in [1.29, 1.82) is 0 Å². The highest BCUT2D eigenvalue weighted by Crippen LogP contribution is 2.22. The standard InChI is InChI=1S/C26H27N3O4/c1-19(25(30)27-21-11-13-22(14-12-21)29-15-17-32-18-16-29)33-24-10-6-5-9-23(24)26(31)28-20-7-3-2-4-8-20/h2-14,19H,15-18H2,1H3,(H,27,30)(H,28,31)/t19-/m1/s1. The van der Waals surface area contributed by atoms with Crippen molar-refractivity contribution < 1.29 is 19.1 Å². The maximum Gasteiger partial charge on any atom is 0.265 e. The van der Waals surface area contributed by atoms with Crippen molar-refractivity contribution in [3.8, 4) is 5.75 Å². The molecule has 3 aromatic carbocycles. The van der Waals surface area contributed by atoms with Crippen LogP contribution in [0.4, 0.5) is 17.1 Å². The molecule has 7 nitrogen and oxygen atoms in total. The van der Waals surface area contributed by atoms with Crippen molar-refractivity contribution in [3.05, 3.63) is 84.4 Å². The summed E-state index contributed by atoms with van der Waals surface area (Å²) in [6.45, 7) is 4.81. The number of para-hydroxylation sites is 2. The molecule has 0 radical (unpaired) electrons. The number of morpholine rings is 1. The second-order valence-corrected chi connectivity index (χ2v) is 7.71. The van der Waals surface area contributed by atoms with Crippen LogP contribution < -0.4 is 20.3 Å². The van der Waals surface area contributed by atoms with Gasteiger partial charge in [0.25, 0.3) is 11.8 Å².